The lowest BCUT2D eigenvalue weighted by molar-refractivity contribution is -0.133. The smallest absolute Gasteiger partial charge is 0.317 e. The Labute approximate surface area is 188 Å². The highest BCUT2D eigenvalue weighted by atomic mass is 16.5. The predicted molar refractivity (Wildman–Crippen MR) is 123 cm³/mol. The van der Waals surface area contributed by atoms with Crippen LogP contribution in [0.1, 0.15) is 37.4 Å². The fourth-order valence-electron chi connectivity index (χ4n) is 3.58. The van der Waals surface area contributed by atoms with Gasteiger partial charge in [0.1, 0.15) is 18.0 Å². The molecule has 0 radical (unpaired) electrons. The van der Waals surface area contributed by atoms with Crippen molar-refractivity contribution in [3.05, 3.63) is 59.7 Å². The summed E-state index contributed by atoms with van der Waals surface area (Å²) in [4.78, 5) is 26.8. The molecule has 32 heavy (non-hydrogen) atoms. The molecule has 0 fully saturated rings. The lowest BCUT2D eigenvalue weighted by Crippen LogP contribution is -2.45. The van der Waals surface area contributed by atoms with Gasteiger partial charge in [-0.25, -0.2) is 9.80 Å². The van der Waals surface area contributed by atoms with Crippen LogP contribution in [-0.4, -0.2) is 61.4 Å². The molecule has 0 aromatic heterocycles. The van der Waals surface area contributed by atoms with Gasteiger partial charge in [-0.3, -0.25) is 4.79 Å². The SMILES string of the molecule is COc1ccc(C2=NN(C(=O)CN(C)C(=O)NC(C)C)[C@@H](c3ccccc3)C2)c(OC)c1. The number of ether oxygens (including phenoxy) is 2. The van der Waals surface area contributed by atoms with Crippen LogP contribution in [0.15, 0.2) is 53.6 Å². The van der Waals surface area contributed by atoms with E-state index in [-0.39, 0.29) is 30.6 Å². The number of nitrogens with zero attached hydrogens (tertiary/aromatic N) is 3. The average molecular weight is 439 g/mol. The van der Waals surface area contributed by atoms with Crippen LogP contribution in [0.3, 0.4) is 0 Å². The van der Waals surface area contributed by atoms with E-state index in [0.717, 1.165) is 16.8 Å². The van der Waals surface area contributed by atoms with Crippen molar-refractivity contribution < 1.29 is 19.1 Å². The van der Waals surface area contributed by atoms with Gasteiger partial charge in [0.2, 0.25) is 0 Å². The summed E-state index contributed by atoms with van der Waals surface area (Å²) < 4.78 is 10.8. The predicted octanol–water partition coefficient (Wildman–Crippen LogP) is 3.43. The van der Waals surface area contributed by atoms with Crippen molar-refractivity contribution in [3.8, 4) is 11.5 Å². The third-order valence-corrected chi connectivity index (χ3v) is 5.20. The van der Waals surface area contributed by atoms with Crippen LogP contribution in [0.25, 0.3) is 0 Å². The monoisotopic (exact) mass is 438 g/mol. The summed E-state index contributed by atoms with van der Waals surface area (Å²) >= 11 is 0. The molecule has 1 aliphatic heterocycles. The molecule has 170 valence electrons. The maximum atomic E-state index is 13.2. The number of carbonyl (C=O) groups excluding carboxylic acids is 2. The van der Waals surface area contributed by atoms with Crippen molar-refractivity contribution in [3.63, 3.8) is 0 Å². The molecule has 2 aromatic rings. The first-order valence-electron chi connectivity index (χ1n) is 10.5. The zero-order valence-corrected chi connectivity index (χ0v) is 19.2. The van der Waals surface area contributed by atoms with Crippen molar-refractivity contribution in [2.24, 2.45) is 5.10 Å². The minimum absolute atomic E-state index is 0.0175. The van der Waals surface area contributed by atoms with Gasteiger partial charge in [0.25, 0.3) is 5.91 Å². The number of nitrogens with one attached hydrogen (secondary N) is 1. The van der Waals surface area contributed by atoms with Gasteiger partial charge in [-0.15, -0.1) is 0 Å². The molecule has 0 spiro atoms. The Bertz CT molecular complexity index is 991. The molecule has 1 N–H and O–H groups in total. The van der Waals surface area contributed by atoms with Gasteiger partial charge in [-0.05, 0) is 31.5 Å². The Morgan fingerprint density at radius 3 is 2.50 bits per heavy atom. The van der Waals surface area contributed by atoms with Crippen LogP contribution >= 0.6 is 0 Å². The molecule has 8 nitrogen and oxygen atoms in total. The molecular formula is C24H30N4O4. The van der Waals surface area contributed by atoms with Crippen LogP contribution in [0.5, 0.6) is 11.5 Å². The van der Waals surface area contributed by atoms with E-state index in [2.05, 4.69) is 10.4 Å². The summed E-state index contributed by atoms with van der Waals surface area (Å²) in [6.07, 6.45) is 0.528. The lowest BCUT2D eigenvalue weighted by Gasteiger charge is -2.25. The van der Waals surface area contributed by atoms with E-state index >= 15 is 0 Å². The van der Waals surface area contributed by atoms with E-state index in [1.165, 1.54) is 9.91 Å². The van der Waals surface area contributed by atoms with E-state index in [0.29, 0.717) is 17.9 Å². The van der Waals surface area contributed by atoms with Crippen molar-refractivity contribution >= 4 is 17.6 Å². The zero-order chi connectivity index (χ0) is 23.3. The number of urea groups is 1. The Hall–Kier alpha value is -3.55. The summed E-state index contributed by atoms with van der Waals surface area (Å²) in [7, 11) is 4.79. The maximum absolute atomic E-state index is 13.2. The van der Waals surface area contributed by atoms with Gasteiger partial charge < -0.3 is 19.7 Å². The average Bonchev–Trinajstić information content (AvgIpc) is 3.24. The van der Waals surface area contributed by atoms with Gasteiger partial charge in [0.15, 0.2) is 0 Å². The summed E-state index contributed by atoms with van der Waals surface area (Å²) in [6, 6.07) is 14.7. The highest BCUT2D eigenvalue weighted by Crippen LogP contribution is 2.36. The molecule has 0 bridgehead atoms. The van der Waals surface area contributed by atoms with Crippen LogP contribution in [0.2, 0.25) is 0 Å². The third kappa shape index (κ3) is 5.19. The molecular weight excluding hydrogens is 408 g/mol. The molecule has 2 aromatic carbocycles. The van der Waals surface area contributed by atoms with E-state index in [1.807, 2.05) is 56.3 Å². The fraction of sp³-hybridized carbons (Fsp3) is 0.375. The van der Waals surface area contributed by atoms with Gasteiger partial charge >= 0.3 is 6.03 Å². The molecule has 0 saturated heterocycles. The second-order valence-corrected chi connectivity index (χ2v) is 7.94. The van der Waals surface area contributed by atoms with Crippen LogP contribution in [-0.2, 0) is 4.79 Å². The lowest BCUT2D eigenvalue weighted by atomic mass is 9.98. The van der Waals surface area contributed by atoms with Crippen LogP contribution < -0.4 is 14.8 Å². The summed E-state index contributed by atoms with van der Waals surface area (Å²) in [5.41, 5.74) is 2.51. The second-order valence-electron chi connectivity index (χ2n) is 7.94. The normalized spacial score (nSPS) is 15.4. The Morgan fingerprint density at radius 1 is 1.16 bits per heavy atom. The molecule has 0 saturated carbocycles. The molecule has 3 amide bonds. The first-order valence-corrected chi connectivity index (χ1v) is 10.5. The number of likely N-dealkylation sites (N-methyl/N-ethyl adjacent to an activating group) is 1. The van der Waals surface area contributed by atoms with Crippen molar-refractivity contribution in [2.45, 2.75) is 32.4 Å². The number of amides is 3. The molecule has 1 aliphatic rings. The molecule has 3 rings (SSSR count). The first kappa shape index (κ1) is 23.1. The Morgan fingerprint density at radius 2 is 1.88 bits per heavy atom. The van der Waals surface area contributed by atoms with Gasteiger partial charge in [0.05, 0.1) is 26.0 Å². The van der Waals surface area contributed by atoms with Crippen molar-refractivity contribution in [2.75, 3.05) is 27.8 Å². The standard InChI is InChI=1S/C24H30N4O4/c1-16(2)25-24(30)27(3)15-23(29)28-21(17-9-7-6-8-10-17)14-20(26-28)19-12-11-18(31-4)13-22(19)32-5/h6-13,16,21H,14-15H2,1-5H3,(H,25,30)/t21-/m1/s1. The number of hydrogen-bond acceptors (Lipinski definition) is 5. The quantitative estimate of drug-likeness (QED) is 0.718. The van der Waals surface area contributed by atoms with Gasteiger partial charge in [-0.2, -0.15) is 5.10 Å². The van der Waals surface area contributed by atoms with Crippen LogP contribution in [0.4, 0.5) is 4.79 Å². The largest absolute Gasteiger partial charge is 0.497 e. The topological polar surface area (TPSA) is 83.5 Å². The van der Waals surface area contributed by atoms with E-state index < -0.39 is 0 Å². The second kappa shape index (κ2) is 10.2. The Balaban J connectivity index is 1.90. The number of hydrogen-bond donors (Lipinski definition) is 1. The van der Waals surface area contributed by atoms with E-state index in [4.69, 9.17) is 9.47 Å². The summed E-state index contributed by atoms with van der Waals surface area (Å²) in [6.45, 7) is 3.66. The minimum atomic E-state index is -0.301. The molecule has 0 aliphatic carbocycles. The zero-order valence-electron chi connectivity index (χ0n) is 19.2. The molecule has 8 heteroatoms. The number of hydrazone groups is 1. The maximum Gasteiger partial charge on any atom is 0.317 e. The third-order valence-electron chi connectivity index (χ3n) is 5.20. The summed E-state index contributed by atoms with van der Waals surface area (Å²) in [5.74, 6) is 1.04. The van der Waals surface area contributed by atoms with Crippen molar-refractivity contribution in [1.82, 2.24) is 15.2 Å². The van der Waals surface area contributed by atoms with E-state index in [1.54, 1.807) is 27.3 Å². The molecule has 1 heterocycles. The number of rotatable bonds is 7. The van der Waals surface area contributed by atoms with Crippen LogP contribution in [0, 0.1) is 0 Å². The van der Waals surface area contributed by atoms with E-state index in [9.17, 15) is 9.59 Å². The van der Waals surface area contributed by atoms with Crippen molar-refractivity contribution in [1.29, 1.82) is 0 Å². The number of benzene rings is 2. The number of carbonyl (C=O) groups is 2. The highest BCUT2D eigenvalue weighted by Gasteiger charge is 2.34. The fourth-order valence-corrected chi connectivity index (χ4v) is 3.58. The Kier molecular flexibility index (Phi) is 7.35. The number of methoxy groups -OCH3 is 2. The molecule has 1 atom stereocenters. The molecule has 0 unspecified atom stereocenters. The minimum Gasteiger partial charge on any atom is -0.497 e. The summed E-state index contributed by atoms with van der Waals surface area (Å²) in [5, 5.41) is 8.95. The van der Waals surface area contributed by atoms with Gasteiger partial charge in [-0.1, -0.05) is 30.3 Å². The van der Waals surface area contributed by atoms with Gasteiger partial charge in [0, 0.05) is 31.1 Å². The highest BCUT2D eigenvalue weighted by molar-refractivity contribution is 6.05. The first-order chi connectivity index (χ1) is 15.3.